The Morgan fingerprint density at radius 1 is 1.32 bits per heavy atom. The van der Waals surface area contributed by atoms with Crippen LogP contribution in [0.4, 0.5) is 0 Å². The molecule has 122 valence electrons. The van der Waals surface area contributed by atoms with E-state index in [4.69, 9.17) is 4.74 Å². The van der Waals surface area contributed by atoms with E-state index in [9.17, 15) is 9.59 Å². The van der Waals surface area contributed by atoms with Gasteiger partial charge in [0.05, 0.1) is 0 Å². The average molecular weight is 325 g/mol. The monoisotopic (exact) mass is 325 g/mol. The molecule has 2 saturated heterocycles. The number of aromatic nitrogens is 1. The number of ether oxygens (including phenoxy) is 1. The standard InChI is InChI=1S/C15H23N3O3S/c1-12-11-22-15(20)18(12)9-6-16-4-7-17(8-5-16)14(19)13-3-2-10-21-13/h11,13H,2-10H2,1H3/t13-/m1/s1. The molecule has 0 spiro atoms. The van der Waals surface area contributed by atoms with Crippen LogP contribution in [0.1, 0.15) is 18.5 Å². The number of aryl methyl sites for hydroxylation is 1. The van der Waals surface area contributed by atoms with Gasteiger partial charge in [0.1, 0.15) is 6.10 Å². The SMILES string of the molecule is Cc1csc(=O)n1CCN1CCN(C(=O)[C@H]2CCCO2)CC1. The van der Waals surface area contributed by atoms with E-state index < -0.39 is 0 Å². The molecule has 3 heterocycles. The lowest BCUT2D eigenvalue weighted by Crippen LogP contribution is -2.51. The van der Waals surface area contributed by atoms with Crippen molar-refractivity contribution in [1.82, 2.24) is 14.4 Å². The lowest BCUT2D eigenvalue weighted by atomic mass is 10.2. The molecule has 1 aromatic heterocycles. The predicted octanol–water partition coefficient (Wildman–Crippen LogP) is 0.541. The summed E-state index contributed by atoms with van der Waals surface area (Å²) in [6.07, 6.45) is 1.64. The van der Waals surface area contributed by atoms with E-state index in [0.717, 1.165) is 57.8 Å². The quantitative estimate of drug-likeness (QED) is 0.811. The number of amides is 1. The summed E-state index contributed by atoms with van der Waals surface area (Å²) < 4.78 is 7.30. The van der Waals surface area contributed by atoms with Crippen molar-refractivity contribution in [2.75, 3.05) is 39.3 Å². The van der Waals surface area contributed by atoms with E-state index in [-0.39, 0.29) is 16.9 Å². The Balaban J connectivity index is 1.45. The van der Waals surface area contributed by atoms with E-state index in [2.05, 4.69) is 4.90 Å². The number of rotatable bonds is 4. The first-order valence-corrected chi connectivity index (χ1v) is 8.81. The van der Waals surface area contributed by atoms with Gasteiger partial charge in [0.2, 0.25) is 0 Å². The van der Waals surface area contributed by atoms with Crippen molar-refractivity contribution in [3.63, 3.8) is 0 Å². The molecule has 0 saturated carbocycles. The third kappa shape index (κ3) is 3.42. The fraction of sp³-hybridized carbons (Fsp3) is 0.733. The highest BCUT2D eigenvalue weighted by molar-refractivity contribution is 7.07. The minimum absolute atomic E-state index is 0.115. The van der Waals surface area contributed by atoms with Gasteiger partial charge in [0.25, 0.3) is 5.91 Å². The molecule has 0 N–H and O–H groups in total. The average Bonchev–Trinajstić information content (AvgIpc) is 3.17. The Kier molecular flexibility index (Phi) is 4.95. The molecule has 0 radical (unpaired) electrons. The minimum Gasteiger partial charge on any atom is -0.368 e. The maximum Gasteiger partial charge on any atom is 0.307 e. The van der Waals surface area contributed by atoms with E-state index in [1.54, 1.807) is 0 Å². The third-order valence-electron chi connectivity index (χ3n) is 4.51. The van der Waals surface area contributed by atoms with Crippen molar-refractivity contribution in [2.24, 2.45) is 0 Å². The second kappa shape index (κ2) is 6.93. The number of thiazole rings is 1. The lowest BCUT2D eigenvalue weighted by Gasteiger charge is -2.35. The zero-order valence-corrected chi connectivity index (χ0v) is 13.8. The van der Waals surface area contributed by atoms with Crippen LogP contribution in [0.3, 0.4) is 0 Å². The normalized spacial score (nSPS) is 23.1. The molecule has 0 bridgehead atoms. The van der Waals surface area contributed by atoms with Crippen LogP contribution in [0, 0.1) is 6.92 Å². The highest BCUT2D eigenvalue weighted by Crippen LogP contribution is 2.16. The fourth-order valence-electron chi connectivity index (χ4n) is 3.08. The summed E-state index contributed by atoms with van der Waals surface area (Å²) in [6.45, 7) is 7.54. The van der Waals surface area contributed by atoms with Gasteiger partial charge in [-0.05, 0) is 19.8 Å². The topological polar surface area (TPSA) is 54.8 Å². The summed E-state index contributed by atoms with van der Waals surface area (Å²) >= 11 is 1.26. The number of piperazine rings is 1. The van der Waals surface area contributed by atoms with Crippen molar-refractivity contribution < 1.29 is 9.53 Å². The smallest absolute Gasteiger partial charge is 0.307 e. The molecule has 3 rings (SSSR count). The van der Waals surface area contributed by atoms with Gasteiger partial charge in [-0.25, -0.2) is 0 Å². The molecule has 0 aromatic carbocycles. The fourth-order valence-corrected chi connectivity index (χ4v) is 3.85. The second-order valence-corrected chi connectivity index (χ2v) is 6.78. The number of carbonyl (C=O) groups is 1. The van der Waals surface area contributed by atoms with Crippen LogP contribution in [0.5, 0.6) is 0 Å². The van der Waals surface area contributed by atoms with Crippen molar-refractivity contribution in [3.05, 3.63) is 20.7 Å². The van der Waals surface area contributed by atoms with Gasteiger partial charge in [-0.15, -0.1) is 0 Å². The van der Waals surface area contributed by atoms with Crippen LogP contribution in [-0.4, -0.2) is 65.7 Å². The van der Waals surface area contributed by atoms with Gasteiger partial charge in [0.15, 0.2) is 0 Å². The summed E-state index contributed by atoms with van der Waals surface area (Å²) in [5.41, 5.74) is 1.03. The van der Waals surface area contributed by atoms with Gasteiger partial charge < -0.3 is 14.2 Å². The Morgan fingerprint density at radius 3 is 2.68 bits per heavy atom. The van der Waals surface area contributed by atoms with Crippen LogP contribution >= 0.6 is 11.3 Å². The molecule has 2 aliphatic rings. The van der Waals surface area contributed by atoms with E-state index in [0.29, 0.717) is 6.61 Å². The van der Waals surface area contributed by atoms with Crippen LogP contribution < -0.4 is 4.87 Å². The largest absolute Gasteiger partial charge is 0.368 e. The summed E-state index contributed by atoms with van der Waals surface area (Å²) in [4.78, 5) is 28.3. The molecule has 7 heteroatoms. The van der Waals surface area contributed by atoms with Crippen LogP contribution in [0.15, 0.2) is 10.2 Å². The van der Waals surface area contributed by atoms with Crippen LogP contribution in [0.25, 0.3) is 0 Å². The molecule has 1 atom stereocenters. The summed E-state index contributed by atoms with van der Waals surface area (Å²) in [5.74, 6) is 0.155. The highest BCUT2D eigenvalue weighted by atomic mass is 32.1. The number of nitrogens with zero attached hydrogens (tertiary/aromatic N) is 3. The van der Waals surface area contributed by atoms with Crippen molar-refractivity contribution in [3.8, 4) is 0 Å². The third-order valence-corrected chi connectivity index (χ3v) is 5.39. The molecule has 0 unspecified atom stereocenters. The summed E-state index contributed by atoms with van der Waals surface area (Å²) in [5, 5.41) is 1.90. The molecular formula is C15H23N3O3S. The van der Waals surface area contributed by atoms with Gasteiger partial charge in [-0.2, -0.15) is 0 Å². The maximum atomic E-state index is 12.3. The Morgan fingerprint density at radius 2 is 2.09 bits per heavy atom. The van der Waals surface area contributed by atoms with Crippen molar-refractivity contribution in [2.45, 2.75) is 32.4 Å². The zero-order chi connectivity index (χ0) is 15.5. The number of hydrogen-bond donors (Lipinski definition) is 0. The lowest BCUT2D eigenvalue weighted by molar-refractivity contribution is -0.142. The zero-order valence-electron chi connectivity index (χ0n) is 13.0. The molecule has 22 heavy (non-hydrogen) atoms. The highest BCUT2D eigenvalue weighted by Gasteiger charge is 2.30. The number of carbonyl (C=O) groups excluding carboxylic acids is 1. The molecule has 6 nitrogen and oxygen atoms in total. The molecular weight excluding hydrogens is 302 g/mol. The van der Waals surface area contributed by atoms with Crippen molar-refractivity contribution >= 4 is 17.2 Å². The van der Waals surface area contributed by atoms with Gasteiger partial charge >= 0.3 is 4.87 Å². The number of hydrogen-bond acceptors (Lipinski definition) is 5. The van der Waals surface area contributed by atoms with Gasteiger partial charge in [-0.1, -0.05) is 11.3 Å². The molecule has 2 fully saturated rings. The second-order valence-electron chi connectivity index (χ2n) is 5.96. The molecule has 1 amide bonds. The van der Waals surface area contributed by atoms with Gasteiger partial charge in [-0.3, -0.25) is 14.5 Å². The van der Waals surface area contributed by atoms with Crippen molar-refractivity contribution in [1.29, 1.82) is 0 Å². The molecule has 2 aliphatic heterocycles. The maximum absolute atomic E-state index is 12.3. The van der Waals surface area contributed by atoms with Crippen LogP contribution in [-0.2, 0) is 16.1 Å². The van der Waals surface area contributed by atoms with E-state index in [1.165, 1.54) is 11.3 Å². The summed E-state index contributed by atoms with van der Waals surface area (Å²) in [7, 11) is 0. The Hall–Kier alpha value is -1.18. The first-order chi connectivity index (χ1) is 10.6. The predicted molar refractivity (Wildman–Crippen MR) is 85.3 cm³/mol. The van der Waals surface area contributed by atoms with E-state index in [1.807, 2.05) is 21.8 Å². The Bertz CT molecular complexity index is 569. The first-order valence-electron chi connectivity index (χ1n) is 7.93. The van der Waals surface area contributed by atoms with E-state index >= 15 is 0 Å². The van der Waals surface area contributed by atoms with Gasteiger partial charge in [0, 0.05) is 56.9 Å². The first kappa shape index (κ1) is 15.7. The summed E-state index contributed by atoms with van der Waals surface area (Å²) in [6, 6.07) is 0. The Labute approximate surface area is 134 Å². The van der Waals surface area contributed by atoms with Crippen LogP contribution in [0.2, 0.25) is 0 Å². The molecule has 1 aromatic rings. The molecule has 0 aliphatic carbocycles. The minimum atomic E-state index is -0.210.